The normalized spacial score (nSPS) is 10.8. The minimum Gasteiger partial charge on any atom is -0.446 e. The van der Waals surface area contributed by atoms with E-state index in [-0.39, 0.29) is 16.7 Å². The van der Waals surface area contributed by atoms with E-state index in [9.17, 15) is 18.4 Å². The highest BCUT2D eigenvalue weighted by atomic mass is 19.1. The lowest BCUT2D eigenvalue weighted by molar-refractivity contribution is -0.114. The van der Waals surface area contributed by atoms with Crippen molar-refractivity contribution in [2.75, 3.05) is 5.32 Å². The molecular weight excluding hydrogens is 318 g/mol. The quantitative estimate of drug-likeness (QED) is 0.590. The Morgan fingerprint density at radius 1 is 1.12 bits per heavy atom. The number of hydrogen-bond donors (Lipinski definition) is 2. The third kappa shape index (κ3) is 2.96. The molecule has 0 bridgehead atoms. The molecule has 122 valence electrons. The number of nitrogens with one attached hydrogen (secondary N) is 1. The van der Waals surface area contributed by atoms with Gasteiger partial charge in [0.25, 0.3) is 5.91 Å². The molecule has 2 aliphatic carbocycles. The Labute approximate surface area is 135 Å². The van der Waals surface area contributed by atoms with Gasteiger partial charge in [0.15, 0.2) is 11.4 Å². The van der Waals surface area contributed by atoms with Crippen LogP contribution in [0, 0.1) is 11.6 Å². The fourth-order valence-electron chi connectivity index (χ4n) is 2.27. The number of carbonyl (C=O) groups excluding carboxylic acids is 2. The van der Waals surface area contributed by atoms with Gasteiger partial charge >= 0.3 is 0 Å². The van der Waals surface area contributed by atoms with Crippen LogP contribution in [-0.4, -0.2) is 11.8 Å². The minimum absolute atomic E-state index is 0.0588. The number of rotatable bonds is 2. The van der Waals surface area contributed by atoms with Gasteiger partial charge in [-0.05, 0) is 23.3 Å². The van der Waals surface area contributed by atoms with Crippen LogP contribution in [0.3, 0.4) is 0 Å². The number of hydrogen-bond acceptors (Lipinski definition) is 3. The predicted molar refractivity (Wildman–Crippen MR) is 84.4 cm³/mol. The lowest BCUT2D eigenvalue weighted by atomic mass is 10.2. The van der Waals surface area contributed by atoms with Crippen LogP contribution in [0.1, 0.15) is 17.5 Å². The first-order valence-corrected chi connectivity index (χ1v) is 6.96. The highest BCUT2D eigenvalue weighted by Gasteiger charge is 2.22. The van der Waals surface area contributed by atoms with E-state index in [1.54, 1.807) is 0 Å². The average Bonchev–Trinajstić information content (AvgIpc) is 2.92. The molecule has 2 amide bonds. The fourth-order valence-corrected chi connectivity index (χ4v) is 2.27. The first-order valence-electron chi connectivity index (χ1n) is 6.96. The first kappa shape index (κ1) is 15.7. The van der Waals surface area contributed by atoms with Crippen molar-refractivity contribution < 1.29 is 22.8 Å². The van der Waals surface area contributed by atoms with E-state index in [1.165, 1.54) is 18.1 Å². The molecule has 0 spiro atoms. The molecule has 1 aromatic heterocycles. The number of furan rings is 1. The van der Waals surface area contributed by atoms with Gasteiger partial charge in [0.2, 0.25) is 11.7 Å². The fraction of sp³-hybridized carbons (Fsp3) is 0.0588. The van der Waals surface area contributed by atoms with Gasteiger partial charge in [0.05, 0.1) is 5.39 Å². The number of amides is 2. The van der Waals surface area contributed by atoms with Crippen LogP contribution in [0.5, 0.6) is 0 Å². The zero-order chi connectivity index (χ0) is 17.4. The van der Waals surface area contributed by atoms with E-state index in [1.807, 2.05) is 0 Å². The Morgan fingerprint density at radius 3 is 2.25 bits per heavy atom. The van der Waals surface area contributed by atoms with E-state index in [2.05, 4.69) is 29.6 Å². The van der Waals surface area contributed by atoms with Crippen LogP contribution in [0.15, 0.2) is 40.8 Å². The summed E-state index contributed by atoms with van der Waals surface area (Å²) in [6.07, 6.45) is 0. The maximum Gasteiger partial charge on any atom is 0.286 e. The van der Waals surface area contributed by atoms with Gasteiger partial charge in [-0.25, -0.2) is 8.78 Å². The second kappa shape index (κ2) is 5.77. The number of primary amides is 1. The zero-order valence-electron chi connectivity index (χ0n) is 12.5. The van der Waals surface area contributed by atoms with Crippen LogP contribution in [0.25, 0.3) is 22.1 Å². The summed E-state index contributed by atoms with van der Waals surface area (Å²) in [4.78, 5) is 22.1. The van der Waals surface area contributed by atoms with Gasteiger partial charge in [-0.3, -0.25) is 9.59 Å². The molecule has 0 unspecified atom stereocenters. The minimum atomic E-state index is -0.991. The number of nitrogens with two attached hydrogens (primary N) is 1. The Kier molecular flexibility index (Phi) is 3.76. The van der Waals surface area contributed by atoms with Gasteiger partial charge < -0.3 is 15.5 Å². The van der Waals surface area contributed by atoms with Crippen molar-refractivity contribution in [3.63, 3.8) is 0 Å². The maximum atomic E-state index is 13.4. The Morgan fingerprint density at radius 2 is 1.79 bits per heavy atom. The highest BCUT2D eigenvalue weighted by molar-refractivity contribution is 6.10. The summed E-state index contributed by atoms with van der Waals surface area (Å²) in [7, 11) is 0. The summed E-state index contributed by atoms with van der Waals surface area (Å²) < 4.78 is 31.5. The monoisotopic (exact) mass is 330 g/mol. The van der Waals surface area contributed by atoms with Crippen LogP contribution < -0.4 is 11.1 Å². The smallest absolute Gasteiger partial charge is 0.286 e. The van der Waals surface area contributed by atoms with Crippen LogP contribution in [0.4, 0.5) is 14.5 Å². The molecule has 2 aliphatic rings. The largest absolute Gasteiger partial charge is 0.446 e. The molecule has 0 atom stereocenters. The summed E-state index contributed by atoms with van der Waals surface area (Å²) in [6.45, 7) is 1.18. The number of halogens is 2. The molecule has 1 heterocycles. The van der Waals surface area contributed by atoms with Gasteiger partial charge in [-0.2, -0.15) is 0 Å². The second-order valence-corrected chi connectivity index (χ2v) is 5.20. The molecule has 5 nitrogen and oxygen atoms in total. The number of carbonyl (C=O) groups is 2. The topological polar surface area (TPSA) is 85.3 Å². The Balaban J connectivity index is 0.000000231. The average molecular weight is 330 g/mol. The van der Waals surface area contributed by atoms with Crippen molar-refractivity contribution in [1.82, 2.24) is 0 Å². The molecule has 0 saturated heterocycles. The molecular formula is C17H12F2N2O3. The SMILES string of the molecule is CC(=O)Nc1c(C(N)=O)oc2c(F)cc(F)cc12.c1cc2cc-2c1. The molecule has 2 aromatic rings. The van der Waals surface area contributed by atoms with Gasteiger partial charge in [0.1, 0.15) is 11.5 Å². The third-order valence-electron chi connectivity index (χ3n) is 3.35. The van der Waals surface area contributed by atoms with Crippen molar-refractivity contribution in [1.29, 1.82) is 0 Å². The summed E-state index contributed by atoms with van der Waals surface area (Å²) >= 11 is 0. The summed E-state index contributed by atoms with van der Waals surface area (Å²) in [5.74, 6) is -3.78. The maximum absolute atomic E-state index is 13.4. The molecule has 4 rings (SSSR count). The Hall–Kier alpha value is -3.22. The van der Waals surface area contributed by atoms with E-state index >= 15 is 0 Å². The van der Waals surface area contributed by atoms with Crippen molar-refractivity contribution in [3.8, 4) is 11.1 Å². The molecule has 3 N–H and O–H groups in total. The predicted octanol–water partition coefficient (Wildman–Crippen LogP) is 3.44. The zero-order valence-corrected chi connectivity index (χ0v) is 12.5. The number of benzene rings is 2. The van der Waals surface area contributed by atoms with E-state index in [4.69, 9.17) is 10.2 Å². The number of anilines is 1. The molecule has 0 radical (unpaired) electrons. The lowest BCUT2D eigenvalue weighted by Gasteiger charge is -2.00. The van der Waals surface area contributed by atoms with Gasteiger partial charge in [-0.15, -0.1) is 0 Å². The summed E-state index contributed by atoms with van der Waals surface area (Å²) in [5, 5.41) is 2.21. The number of fused-ring (bicyclic) bond motifs is 2. The van der Waals surface area contributed by atoms with Crippen molar-refractivity contribution >= 4 is 28.5 Å². The molecule has 0 aliphatic heterocycles. The standard InChI is InChI=1S/C11H8F2N2O3.C6H4/c1-4(16)15-8-6-2-5(12)3-7(13)9(6)18-10(8)11(14)17;1-2-5-4-6(5)3-1/h2-3H,1H3,(H2,14,17)(H,15,16);1-4H. The van der Waals surface area contributed by atoms with Crippen molar-refractivity contribution in [2.45, 2.75) is 6.92 Å². The summed E-state index contributed by atoms with van der Waals surface area (Å²) in [5.41, 5.74) is 7.42. The third-order valence-corrected chi connectivity index (χ3v) is 3.35. The molecule has 1 aromatic carbocycles. The van der Waals surface area contributed by atoms with Crippen molar-refractivity contribution in [2.24, 2.45) is 5.73 Å². The van der Waals surface area contributed by atoms with E-state index < -0.39 is 29.2 Å². The van der Waals surface area contributed by atoms with Crippen LogP contribution in [-0.2, 0) is 4.79 Å². The van der Waals surface area contributed by atoms with Crippen LogP contribution in [0.2, 0.25) is 0 Å². The van der Waals surface area contributed by atoms with Gasteiger partial charge in [-0.1, -0.05) is 18.2 Å². The van der Waals surface area contributed by atoms with Crippen molar-refractivity contribution in [3.05, 3.63) is 53.8 Å². The van der Waals surface area contributed by atoms with Gasteiger partial charge in [0, 0.05) is 13.0 Å². The molecule has 7 heteroatoms. The molecule has 0 saturated carbocycles. The lowest BCUT2D eigenvalue weighted by Crippen LogP contribution is -2.14. The second-order valence-electron chi connectivity index (χ2n) is 5.20. The summed E-state index contributed by atoms with van der Waals surface area (Å²) in [6, 6.07) is 10.0. The Bertz CT molecular complexity index is 962. The molecule has 24 heavy (non-hydrogen) atoms. The van der Waals surface area contributed by atoms with E-state index in [0.29, 0.717) is 6.07 Å². The highest BCUT2D eigenvalue weighted by Crippen LogP contribution is 2.33. The first-order chi connectivity index (χ1) is 11.4. The van der Waals surface area contributed by atoms with Crippen LogP contribution >= 0.6 is 0 Å². The van der Waals surface area contributed by atoms with E-state index in [0.717, 1.165) is 6.07 Å². The molecule has 0 fully saturated rings.